The van der Waals surface area contributed by atoms with Gasteiger partial charge >= 0.3 is 0 Å². The molecule has 10 heteroatoms. The van der Waals surface area contributed by atoms with E-state index in [-0.39, 0.29) is 24.1 Å². The topological polar surface area (TPSA) is 97.6 Å². The fourth-order valence-corrected chi connectivity index (χ4v) is 3.16. The minimum atomic E-state index is -0.356. The molecule has 0 saturated heterocycles. The number of amides is 2. The van der Waals surface area contributed by atoms with Crippen molar-refractivity contribution in [1.29, 1.82) is 0 Å². The number of hydrogen-bond donors (Lipinski definition) is 1. The predicted molar refractivity (Wildman–Crippen MR) is 101 cm³/mol. The Balaban J connectivity index is 1.48. The maximum atomic E-state index is 12.2. The third-order valence-corrected chi connectivity index (χ3v) is 4.95. The van der Waals surface area contributed by atoms with Gasteiger partial charge < -0.3 is 19.4 Å². The quantitative estimate of drug-likeness (QED) is 0.668. The molecular weight excluding hydrogens is 392 g/mol. The number of thioether (sulfide) groups is 1. The van der Waals surface area contributed by atoms with Gasteiger partial charge in [0.25, 0.3) is 5.22 Å². The highest BCUT2D eigenvalue weighted by Gasteiger charge is 2.29. The van der Waals surface area contributed by atoms with E-state index in [1.54, 1.807) is 25.2 Å². The molecule has 27 heavy (non-hydrogen) atoms. The van der Waals surface area contributed by atoms with Crippen LogP contribution < -0.4 is 10.1 Å². The van der Waals surface area contributed by atoms with Crippen LogP contribution in [0.3, 0.4) is 0 Å². The number of benzene rings is 1. The SMILES string of the molecule is COc1ccc(Cl)cc1NC(=O)CN(C)C(=O)CSc1nnc(C2CC2)o1. The molecule has 1 aliphatic carbocycles. The Bertz CT molecular complexity index is 840. The molecule has 2 aromatic rings. The molecule has 0 aliphatic heterocycles. The van der Waals surface area contributed by atoms with E-state index in [1.165, 1.54) is 12.0 Å². The zero-order chi connectivity index (χ0) is 19.4. The molecule has 1 aromatic carbocycles. The Morgan fingerprint density at radius 3 is 2.89 bits per heavy atom. The largest absolute Gasteiger partial charge is 0.495 e. The van der Waals surface area contributed by atoms with E-state index >= 15 is 0 Å². The van der Waals surface area contributed by atoms with Crippen molar-refractivity contribution in [2.24, 2.45) is 0 Å². The van der Waals surface area contributed by atoms with E-state index in [0.29, 0.717) is 33.5 Å². The summed E-state index contributed by atoms with van der Waals surface area (Å²) in [6.07, 6.45) is 2.14. The first-order chi connectivity index (χ1) is 13.0. The molecule has 2 amide bonds. The third kappa shape index (κ3) is 5.36. The van der Waals surface area contributed by atoms with Crippen LogP contribution in [0.1, 0.15) is 24.7 Å². The number of aromatic nitrogens is 2. The number of halogens is 1. The molecule has 1 heterocycles. The van der Waals surface area contributed by atoms with Crippen LogP contribution in [-0.4, -0.2) is 53.4 Å². The molecule has 8 nitrogen and oxygen atoms in total. The van der Waals surface area contributed by atoms with Gasteiger partial charge in [-0.25, -0.2) is 0 Å². The number of carbonyl (C=O) groups excluding carboxylic acids is 2. The number of methoxy groups -OCH3 is 1. The summed E-state index contributed by atoms with van der Waals surface area (Å²) >= 11 is 7.11. The summed E-state index contributed by atoms with van der Waals surface area (Å²) in [4.78, 5) is 25.8. The van der Waals surface area contributed by atoms with Crippen LogP contribution in [0.5, 0.6) is 5.75 Å². The van der Waals surface area contributed by atoms with Crippen LogP contribution in [0, 0.1) is 0 Å². The lowest BCUT2D eigenvalue weighted by atomic mass is 10.3. The van der Waals surface area contributed by atoms with Crippen molar-refractivity contribution in [3.05, 3.63) is 29.1 Å². The van der Waals surface area contributed by atoms with Gasteiger partial charge in [0, 0.05) is 18.0 Å². The van der Waals surface area contributed by atoms with Gasteiger partial charge in [-0.1, -0.05) is 23.4 Å². The van der Waals surface area contributed by atoms with Crippen LogP contribution >= 0.6 is 23.4 Å². The van der Waals surface area contributed by atoms with Crippen molar-refractivity contribution < 1.29 is 18.7 Å². The van der Waals surface area contributed by atoms with Crippen LogP contribution in [0.15, 0.2) is 27.8 Å². The zero-order valence-electron chi connectivity index (χ0n) is 14.9. The zero-order valence-corrected chi connectivity index (χ0v) is 16.5. The normalized spacial score (nSPS) is 13.3. The highest BCUT2D eigenvalue weighted by atomic mass is 35.5. The van der Waals surface area contributed by atoms with Gasteiger partial charge in [0.1, 0.15) is 5.75 Å². The molecule has 1 saturated carbocycles. The van der Waals surface area contributed by atoms with Crippen molar-refractivity contribution in [2.75, 3.05) is 31.8 Å². The average Bonchev–Trinajstić information content (AvgIpc) is 3.38. The number of rotatable bonds is 8. The molecule has 0 spiro atoms. The second-order valence-electron chi connectivity index (χ2n) is 6.11. The van der Waals surface area contributed by atoms with Crippen molar-refractivity contribution in [2.45, 2.75) is 24.0 Å². The Hall–Kier alpha value is -2.26. The monoisotopic (exact) mass is 410 g/mol. The lowest BCUT2D eigenvalue weighted by Gasteiger charge is -2.17. The summed E-state index contributed by atoms with van der Waals surface area (Å²) in [5, 5.41) is 11.4. The van der Waals surface area contributed by atoms with Gasteiger partial charge in [-0.2, -0.15) is 0 Å². The van der Waals surface area contributed by atoms with Gasteiger partial charge in [-0.05, 0) is 31.0 Å². The molecule has 0 unspecified atom stereocenters. The minimum absolute atomic E-state index is 0.105. The van der Waals surface area contributed by atoms with Crippen LogP contribution in [0.2, 0.25) is 5.02 Å². The molecule has 1 aliphatic rings. The number of nitrogens with one attached hydrogen (secondary N) is 1. The summed E-state index contributed by atoms with van der Waals surface area (Å²) < 4.78 is 10.7. The smallest absolute Gasteiger partial charge is 0.277 e. The Kier molecular flexibility index (Phi) is 6.22. The molecule has 0 radical (unpaired) electrons. The number of nitrogens with zero attached hydrogens (tertiary/aromatic N) is 3. The standard InChI is InChI=1S/C17H19ClN4O4S/c1-22(8-14(23)19-12-7-11(18)5-6-13(12)25-2)15(24)9-27-17-21-20-16(26-17)10-3-4-10/h5-7,10H,3-4,8-9H2,1-2H3,(H,19,23). The van der Waals surface area contributed by atoms with E-state index in [9.17, 15) is 9.59 Å². The van der Waals surface area contributed by atoms with Crippen molar-refractivity contribution in [3.8, 4) is 5.75 Å². The van der Waals surface area contributed by atoms with Crippen molar-refractivity contribution in [3.63, 3.8) is 0 Å². The second-order valence-corrected chi connectivity index (χ2v) is 7.47. The van der Waals surface area contributed by atoms with Gasteiger partial charge in [0.15, 0.2) is 0 Å². The molecule has 1 N–H and O–H groups in total. The third-order valence-electron chi connectivity index (χ3n) is 3.91. The van der Waals surface area contributed by atoms with Crippen LogP contribution in [-0.2, 0) is 9.59 Å². The summed E-state index contributed by atoms with van der Waals surface area (Å²) in [7, 11) is 3.05. The minimum Gasteiger partial charge on any atom is -0.495 e. The molecule has 1 aromatic heterocycles. The molecule has 144 valence electrons. The Labute approximate surface area is 165 Å². The Morgan fingerprint density at radius 1 is 1.41 bits per heavy atom. The molecule has 1 fully saturated rings. The molecule has 0 bridgehead atoms. The van der Waals surface area contributed by atoms with Crippen molar-refractivity contribution in [1.82, 2.24) is 15.1 Å². The maximum Gasteiger partial charge on any atom is 0.277 e. The number of likely N-dealkylation sites (N-methyl/N-ethyl adjacent to an activating group) is 1. The maximum absolute atomic E-state index is 12.2. The summed E-state index contributed by atoms with van der Waals surface area (Å²) in [6, 6.07) is 4.90. The summed E-state index contributed by atoms with van der Waals surface area (Å²) in [5.74, 6) is 1.02. The van der Waals surface area contributed by atoms with Gasteiger partial charge in [-0.3, -0.25) is 9.59 Å². The number of hydrogen-bond acceptors (Lipinski definition) is 7. The molecule has 0 atom stereocenters. The van der Waals surface area contributed by atoms with Crippen molar-refractivity contribution >= 4 is 40.9 Å². The molecular formula is C17H19ClN4O4S. The lowest BCUT2D eigenvalue weighted by Crippen LogP contribution is -2.36. The number of carbonyl (C=O) groups is 2. The van der Waals surface area contributed by atoms with E-state index in [0.717, 1.165) is 24.6 Å². The predicted octanol–water partition coefficient (Wildman–Crippen LogP) is 2.80. The fraction of sp³-hybridized carbons (Fsp3) is 0.412. The lowest BCUT2D eigenvalue weighted by molar-refractivity contribution is -0.131. The van der Waals surface area contributed by atoms with Gasteiger partial charge in [-0.15, -0.1) is 10.2 Å². The van der Waals surface area contributed by atoms with E-state index in [2.05, 4.69) is 15.5 Å². The van der Waals surface area contributed by atoms with Crippen LogP contribution in [0.25, 0.3) is 0 Å². The number of ether oxygens (including phenoxy) is 1. The van der Waals surface area contributed by atoms with Crippen LogP contribution in [0.4, 0.5) is 5.69 Å². The van der Waals surface area contributed by atoms with E-state index in [4.69, 9.17) is 20.8 Å². The van der Waals surface area contributed by atoms with Gasteiger partial charge in [0.05, 0.1) is 25.1 Å². The highest BCUT2D eigenvalue weighted by molar-refractivity contribution is 7.99. The summed E-state index contributed by atoms with van der Waals surface area (Å²) in [5.41, 5.74) is 0.448. The highest BCUT2D eigenvalue weighted by Crippen LogP contribution is 2.39. The average molecular weight is 411 g/mol. The van der Waals surface area contributed by atoms with E-state index in [1.807, 2.05) is 0 Å². The van der Waals surface area contributed by atoms with Gasteiger partial charge in [0.2, 0.25) is 17.7 Å². The van der Waals surface area contributed by atoms with E-state index < -0.39 is 0 Å². The molecule has 3 rings (SSSR count). The second kappa shape index (κ2) is 8.62. The first-order valence-electron chi connectivity index (χ1n) is 8.30. The summed E-state index contributed by atoms with van der Waals surface area (Å²) in [6.45, 7) is -0.105. The first-order valence-corrected chi connectivity index (χ1v) is 9.66. The Morgan fingerprint density at radius 2 is 2.19 bits per heavy atom. The number of anilines is 1. The first kappa shape index (κ1) is 19.5. The fourth-order valence-electron chi connectivity index (χ4n) is 2.28.